The first-order valence-corrected chi connectivity index (χ1v) is 7.04. The van der Waals surface area contributed by atoms with E-state index in [4.69, 9.17) is 16.6 Å². The molecule has 0 radical (unpaired) electrons. The molecule has 0 unspecified atom stereocenters. The van der Waals surface area contributed by atoms with E-state index in [0.717, 1.165) is 0 Å². The Balaban J connectivity index is 2.98. The Kier molecular flexibility index (Phi) is 4.06. The molecule has 0 aliphatic carbocycles. The number of carbonyl (C=O) groups excluding carboxylic acids is 1. The molecule has 8 heteroatoms. The van der Waals surface area contributed by atoms with Gasteiger partial charge in [0.05, 0.1) is 10.3 Å². The van der Waals surface area contributed by atoms with Gasteiger partial charge < -0.3 is 16.8 Å². The van der Waals surface area contributed by atoms with E-state index in [1.807, 2.05) is 0 Å². The standard InChI is InChI=1S/C11H18N4O3S/c1-11(2,10(13)16)6-15-8-3-7(12)4-9(5-8)19(14,17)18/h3-5,15H,6,12H2,1-2H3,(H2,13,16)(H2,14,17,18). The molecule has 0 fully saturated rings. The van der Waals surface area contributed by atoms with Crippen molar-refractivity contribution in [2.45, 2.75) is 18.7 Å². The highest BCUT2D eigenvalue weighted by Crippen LogP contribution is 2.21. The smallest absolute Gasteiger partial charge is 0.238 e. The van der Waals surface area contributed by atoms with Crippen molar-refractivity contribution in [3.8, 4) is 0 Å². The summed E-state index contributed by atoms with van der Waals surface area (Å²) in [6, 6.07) is 4.16. The van der Waals surface area contributed by atoms with Crippen LogP contribution in [-0.2, 0) is 14.8 Å². The molecule has 7 N–H and O–H groups in total. The van der Waals surface area contributed by atoms with Gasteiger partial charge in [0.25, 0.3) is 0 Å². The van der Waals surface area contributed by atoms with Gasteiger partial charge in [-0.1, -0.05) is 0 Å². The first-order valence-electron chi connectivity index (χ1n) is 5.49. The number of sulfonamides is 1. The third kappa shape index (κ3) is 4.11. The molecule has 1 aromatic rings. The van der Waals surface area contributed by atoms with Crippen LogP contribution < -0.4 is 21.9 Å². The topological polar surface area (TPSA) is 141 Å². The van der Waals surface area contributed by atoms with Crippen molar-refractivity contribution in [1.82, 2.24) is 0 Å². The molecule has 0 saturated heterocycles. The number of carbonyl (C=O) groups is 1. The predicted octanol–water partition coefficient (Wildman–Crippen LogP) is -0.160. The molecule has 0 bridgehead atoms. The minimum atomic E-state index is -3.83. The van der Waals surface area contributed by atoms with Gasteiger partial charge in [0.1, 0.15) is 0 Å². The van der Waals surface area contributed by atoms with Gasteiger partial charge in [-0.25, -0.2) is 13.6 Å². The van der Waals surface area contributed by atoms with Crippen LogP contribution in [0.15, 0.2) is 23.1 Å². The molecular weight excluding hydrogens is 268 g/mol. The zero-order chi connectivity index (χ0) is 14.8. The molecule has 0 saturated carbocycles. The number of nitrogens with one attached hydrogen (secondary N) is 1. The molecule has 106 valence electrons. The molecule has 0 atom stereocenters. The number of amides is 1. The third-order valence-corrected chi connectivity index (χ3v) is 3.55. The third-order valence-electron chi connectivity index (χ3n) is 2.66. The number of rotatable bonds is 5. The van der Waals surface area contributed by atoms with Gasteiger partial charge >= 0.3 is 0 Å². The number of benzene rings is 1. The lowest BCUT2D eigenvalue weighted by atomic mass is 9.93. The highest BCUT2D eigenvalue weighted by atomic mass is 32.2. The Hall–Kier alpha value is -1.80. The molecule has 7 nitrogen and oxygen atoms in total. The summed E-state index contributed by atoms with van der Waals surface area (Å²) >= 11 is 0. The molecule has 0 aliphatic rings. The van der Waals surface area contributed by atoms with E-state index in [0.29, 0.717) is 5.69 Å². The van der Waals surface area contributed by atoms with E-state index in [-0.39, 0.29) is 17.1 Å². The lowest BCUT2D eigenvalue weighted by Crippen LogP contribution is -2.37. The zero-order valence-corrected chi connectivity index (χ0v) is 11.6. The maximum atomic E-state index is 11.3. The Labute approximate surface area is 112 Å². The fraction of sp³-hybridized carbons (Fsp3) is 0.364. The van der Waals surface area contributed by atoms with Crippen LogP contribution in [-0.4, -0.2) is 20.9 Å². The number of primary amides is 1. The van der Waals surface area contributed by atoms with Crippen molar-refractivity contribution in [2.75, 3.05) is 17.6 Å². The second-order valence-corrected chi connectivity index (χ2v) is 6.50. The van der Waals surface area contributed by atoms with Crippen LogP contribution in [0.4, 0.5) is 11.4 Å². The average molecular weight is 286 g/mol. The number of primary sulfonamides is 1. The molecule has 0 aliphatic heterocycles. The number of hydrogen-bond acceptors (Lipinski definition) is 5. The summed E-state index contributed by atoms with van der Waals surface area (Å²) in [6.07, 6.45) is 0. The van der Waals surface area contributed by atoms with E-state index in [9.17, 15) is 13.2 Å². The number of nitrogens with two attached hydrogens (primary N) is 3. The summed E-state index contributed by atoms with van der Waals surface area (Å²) < 4.78 is 22.5. The zero-order valence-electron chi connectivity index (χ0n) is 10.8. The highest BCUT2D eigenvalue weighted by molar-refractivity contribution is 7.89. The van der Waals surface area contributed by atoms with Gasteiger partial charge in [-0.2, -0.15) is 0 Å². The maximum absolute atomic E-state index is 11.3. The van der Waals surface area contributed by atoms with E-state index in [1.165, 1.54) is 12.1 Å². The second kappa shape index (κ2) is 5.06. The SMILES string of the molecule is CC(C)(CNc1cc(N)cc(S(N)(=O)=O)c1)C(N)=O. The van der Waals surface area contributed by atoms with Crippen molar-refractivity contribution in [2.24, 2.45) is 16.3 Å². The van der Waals surface area contributed by atoms with Gasteiger partial charge in [0.2, 0.25) is 15.9 Å². The Morgan fingerprint density at radius 2 is 1.89 bits per heavy atom. The lowest BCUT2D eigenvalue weighted by molar-refractivity contribution is -0.125. The van der Waals surface area contributed by atoms with Crippen molar-refractivity contribution < 1.29 is 13.2 Å². The van der Waals surface area contributed by atoms with Crippen molar-refractivity contribution in [3.63, 3.8) is 0 Å². The number of nitrogen functional groups attached to an aromatic ring is 1. The van der Waals surface area contributed by atoms with E-state index in [1.54, 1.807) is 19.9 Å². The largest absolute Gasteiger partial charge is 0.399 e. The van der Waals surface area contributed by atoms with Crippen LogP contribution in [0.25, 0.3) is 0 Å². The van der Waals surface area contributed by atoms with Crippen LogP contribution >= 0.6 is 0 Å². The van der Waals surface area contributed by atoms with Crippen LogP contribution in [0.1, 0.15) is 13.8 Å². The Bertz CT molecular complexity index is 596. The molecule has 0 heterocycles. The van der Waals surface area contributed by atoms with Gasteiger partial charge in [0, 0.05) is 17.9 Å². The molecule has 0 aromatic heterocycles. The lowest BCUT2D eigenvalue weighted by Gasteiger charge is -2.21. The molecule has 0 spiro atoms. The van der Waals surface area contributed by atoms with Crippen LogP contribution in [0.3, 0.4) is 0 Å². The summed E-state index contributed by atoms with van der Waals surface area (Å²) in [6.45, 7) is 3.60. The van der Waals surface area contributed by atoms with Crippen molar-refractivity contribution in [3.05, 3.63) is 18.2 Å². The van der Waals surface area contributed by atoms with Crippen LogP contribution in [0.5, 0.6) is 0 Å². The van der Waals surface area contributed by atoms with Gasteiger partial charge in [0.15, 0.2) is 0 Å². The number of hydrogen-bond donors (Lipinski definition) is 4. The normalized spacial score (nSPS) is 12.2. The quantitative estimate of drug-likeness (QED) is 0.556. The molecule has 19 heavy (non-hydrogen) atoms. The van der Waals surface area contributed by atoms with E-state index >= 15 is 0 Å². The monoisotopic (exact) mass is 286 g/mol. The predicted molar refractivity (Wildman–Crippen MR) is 73.7 cm³/mol. The summed E-state index contributed by atoms with van der Waals surface area (Å²) in [5.74, 6) is -0.462. The second-order valence-electron chi connectivity index (χ2n) is 4.94. The fourth-order valence-corrected chi connectivity index (χ4v) is 1.89. The molecule has 1 amide bonds. The minimum Gasteiger partial charge on any atom is -0.399 e. The first-order chi connectivity index (χ1) is 8.52. The summed E-state index contributed by atoms with van der Waals surface area (Å²) in [5, 5.41) is 7.96. The van der Waals surface area contributed by atoms with E-state index in [2.05, 4.69) is 5.32 Å². The molecule has 1 rings (SSSR count). The molecular formula is C11H18N4O3S. The van der Waals surface area contributed by atoms with Gasteiger partial charge in [-0.05, 0) is 32.0 Å². The Morgan fingerprint density at radius 1 is 1.32 bits per heavy atom. The minimum absolute atomic E-state index is 0.0909. The average Bonchev–Trinajstić information content (AvgIpc) is 2.24. The van der Waals surface area contributed by atoms with Crippen molar-refractivity contribution in [1.29, 1.82) is 0 Å². The van der Waals surface area contributed by atoms with Gasteiger partial charge in [-0.15, -0.1) is 0 Å². The first kappa shape index (κ1) is 15.3. The summed E-state index contributed by atoms with van der Waals surface area (Å²) in [7, 11) is -3.83. The summed E-state index contributed by atoms with van der Waals surface area (Å²) in [4.78, 5) is 11.1. The maximum Gasteiger partial charge on any atom is 0.238 e. The fourth-order valence-electron chi connectivity index (χ4n) is 1.30. The van der Waals surface area contributed by atoms with Gasteiger partial charge in [-0.3, -0.25) is 4.79 Å². The van der Waals surface area contributed by atoms with E-state index < -0.39 is 21.3 Å². The highest BCUT2D eigenvalue weighted by Gasteiger charge is 2.24. The Morgan fingerprint density at radius 3 is 2.37 bits per heavy atom. The number of anilines is 2. The van der Waals surface area contributed by atoms with Crippen LogP contribution in [0.2, 0.25) is 0 Å². The summed E-state index contributed by atoms with van der Waals surface area (Å²) in [5.41, 5.74) is 10.8. The molecule has 1 aromatic carbocycles. The van der Waals surface area contributed by atoms with Crippen LogP contribution in [0, 0.1) is 5.41 Å². The van der Waals surface area contributed by atoms with Crippen molar-refractivity contribution >= 4 is 27.3 Å².